The standard InChI is InChI=1S/C25H24N2OS3/c1-3-17-27-24(28)20(30-25(27)29)15-16-21-26(4-2)22(18-11-7-5-8-12-18)23(31-21)19-13-9-6-10-14-19/h5-16H,3-4,17H2,1-2H3. The first-order valence-corrected chi connectivity index (χ1v) is 12.4. The highest BCUT2D eigenvalue weighted by molar-refractivity contribution is 8.26. The van der Waals surface area contributed by atoms with Gasteiger partial charge in [0.25, 0.3) is 5.91 Å². The van der Waals surface area contributed by atoms with Crippen LogP contribution in [0, 0.1) is 0 Å². The average Bonchev–Trinajstić information content (AvgIpc) is 3.31. The lowest BCUT2D eigenvalue weighted by molar-refractivity contribution is -0.122. The molecular weight excluding hydrogens is 440 g/mol. The van der Waals surface area contributed by atoms with Crippen LogP contribution in [0.4, 0.5) is 0 Å². The third-order valence-electron chi connectivity index (χ3n) is 5.06. The Bertz CT molecular complexity index is 1070. The predicted molar refractivity (Wildman–Crippen MR) is 138 cm³/mol. The van der Waals surface area contributed by atoms with Crippen LogP contribution in [0.15, 0.2) is 82.7 Å². The Hall–Kier alpha value is -2.28. The minimum Gasteiger partial charge on any atom is -0.335 e. The van der Waals surface area contributed by atoms with Crippen molar-refractivity contribution in [1.82, 2.24) is 9.80 Å². The van der Waals surface area contributed by atoms with E-state index in [1.807, 2.05) is 18.2 Å². The number of thiocarbonyl (C=S) groups is 1. The average molecular weight is 465 g/mol. The summed E-state index contributed by atoms with van der Waals surface area (Å²) in [6, 6.07) is 21.0. The van der Waals surface area contributed by atoms with Crippen LogP contribution in [-0.4, -0.2) is 33.1 Å². The third-order valence-corrected chi connectivity index (χ3v) is 7.65. The second-order valence-corrected chi connectivity index (χ2v) is 9.82. The number of carbonyl (C=O) groups excluding carboxylic acids is 1. The maximum Gasteiger partial charge on any atom is 0.266 e. The normalized spacial score (nSPS) is 19.4. The number of nitrogens with zero attached hydrogens (tertiary/aromatic N) is 2. The van der Waals surface area contributed by atoms with Gasteiger partial charge in [-0.05, 0) is 36.6 Å². The van der Waals surface area contributed by atoms with Crippen LogP contribution in [0.5, 0.6) is 0 Å². The van der Waals surface area contributed by atoms with Crippen molar-refractivity contribution in [3.63, 3.8) is 0 Å². The van der Waals surface area contributed by atoms with E-state index in [1.165, 1.54) is 33.5 Å². The molecule has 2 aromatic rings. The lowest BCUT2D eigenvalue weighted by Crippen LogP contribution is -2.28. The van der Waals surface area contributed by atoms with Gasteiger partial charge in [0.2, 0.25) is 0 Å². The van der Waals surface area contributed by atoms with Crippen molar-refractivity contribution in [3.05, 3.63) is 93.9 Å². The summed E-state index contributed by atoms with van der Waals surface area (Å²) in [5, 5.41) is 1.11. The Morgan fingerprint density at radius 3 is 2.13 bits per heavy atom. The summed E-state index contributed by atoms with van der Waals surface area (Å²) in [5.74, 6) is 0.0132. The summed E-state index contributed by atoms with van der Waals surface area (Å²) >= 11 is 8.55. The molecule has 0 spiro atoms. The molecule has 158 valence electrons. The van der Waals surface area contributed by atoms with Gasteiger partial charge < -0.3 is 4.90 Å². The van der Waals surface area contributed by atoms with Crippen LogP contribution in [0.25, 0.3) is 10.6 Å². The van der Waals surface area contributed by atoms with Crippen LogP contribution in [0.3, 0.4) is 0 Å². The number of allylic oxidation sites excluding steroid dienone is 2. The van der Waals surface area contributed by atoms with Crippen LogP contribution in [0.2, 0.25) is 0 Å². The molecule has 2 aliphatic heterocycles. The summed E-state index contributed by atoms with van der Waals surface area (Å²) in [6.07, 6.45) is 4.88. The number of benzene rings is 2. The Morgan fingerprint density at radius 1 is 0.871 bits per heavy atom. The zero-order chi connectivity index (χ0) is 21.8. The van der Waals surface area contributed by atoms with Gasteiger partial charge in [-0.15, -0.1) is 0 Å². The smallest absolute Gasteiger partial charge is 0.266 e. The molecule has 0 aromatic heterocycles. The van der Waals surface area contributed by atoms with Gasteiger partial charge in [-0.1, -0.05) is 103 Å². The first-order valence-electron chi connectivity index (χ1n) is 10.4. The Kier molecular flexibility index (Phi) is 7.00. The van der Waals surface area contributed by atoms with E-state index in [2.05, 4.69) is 73.4 Å². The highest BCUT2D eigenvalue weighted by Gasteiger charge is 2.32. The Labute approximate surface area is 197 Å². The number of hydrogen-bond acceptors (Lipinski definition) is 5. The van der Waals surface area contributed by atoms with Crippen LogP contribution < -0.4 is 0 Å². The van der Waals surface area contributed by atoms with Crippen molar-refractivity contribution in [2.75, 3.05) is 13.1 Å². The van der Waals surface area contributed by atoms with E-state index in [0.717, 1.165) is 18.0 Å². The highest BCUT2D eigenvalue weighted by Crippen LogP contribution is 2.50. The van der Waals surface area contributed by atoms with Gasteiger partial charge in [-0.3, -0.25) is 9.69 Å². The molecule has 0 aliphatic carbocycles. The largest absolute Gasteiger partial charge is 0.335 e. The molecule has 2 aromatic carbocycles. The maximum absolute atomic E-state index is 12.7. The number of thioether (sulfide) groups is 2. The first kappa shape index (κ1) is 21.9. The van der Waals surface area contributed by atoms with Crippen molar-refractivity contribution in [2.45, 2.75) is 20.3 Å². The Morgan fingerprint density at radius 2 is 1.52 bits per heavy atom. The number of hydrogen-bond donors (Lipinski definition) is 0. The lowest BCUT2D eigenvalue weighted by Gasteiger charge is -2.21. The summed E-state index contributed by atoms with van der Waals surface area (Å²) in [4.78, 5) is 18.7. The second-order valence-electron chi connectivity index (χ2n) is 7.12. The van der Waals surface area contributed by atoms with Crippen LogP contribution in [-0.2, 0) is 4.79 Å². The maximum atomic E-state index is 12.7. The van der Waals surface area contributed by atoms with Crippen molar-refractivity contribution in [2.24, 2.45) is 0 Å². The molecule has 2 aliphatic rings. The minimum atomic E-state index is 0.0132. The molecule has 31 heavy (non-hydrogen) atoms. The summed E-state index contributed by atoms with van der Waals surface area (Å²) in [6.45, 7) is 5.72. The zero-order valence-electron chi connectivity index (χ0n) is 17.6. The van der Waals surface area contributed by atoms with Crippen molar-refractivity contribution < 1.29 is 4.79 Å². The van der Waals surface area contributed by atoms with Gasteiger partial charge >= 0.3 is 0 Å². The SMILES string of the molecule is CCCN1C(=O)C(=CC=C2SC(c3ccccc3)=C(c3ccccc3)N2CC)SC1=S. The van der Waals surface area contributed by atoms with Gasteiger partial charge in [0.05, 0.1) is 15.6 Å². The third kappa shape index (κ3) is 4.52. The Balaban J connectivity index is 1.72. The molecule has 4 rings (SSSR count). The van der Waals surface area contributed by atoms with Crippen LogP contribution >= 0.6 is 35.7 Å². The summed E-state index contributed by atoms with van der Waals surface area (Å²) < 4.78 is 0.649. The summed E-state index contributed by atoms with van der Waals surface area (Å²) in [7, 11) is 0. The fraction of sp³-hybridized carbons (Fsp3) is 0.200. The highest BCUT2D eigenvalue weighted by atomic mass is 32.2. The predicted octanol–water partition coefficient (Wildman–Crippen LogP) is 6.58. The van der Waals surface area contributed by atoms with Gasteiger partial charge in [0.15, 0.2) is 0 Å². The van der Waals surface area contributed by atoms with E-state index in [4.69, 9.17) is 12.2 Å². The number of carbonyl (C=O) groups is 1. The van der Waals surface area contributed by atoms with E-state index in [1.54, 1.807) is 16.7 Å². The minimum absolute atomic E-state index is 0.0132. The lowest BCUT2D eigenvalue weighted by atomic mass is 10.1. The monoisotopic (exact) mass is 464 g/mol. The van der Waals surface area contributed by atoms with Gasteiger partial charge in [0.1, 0.15) is 4.32 Å². The van der Waals surface area contributed by atoms with Crippen molar-refractivity contribution >= 4 is 56.6 Å². The van der Waals surface area contributed by atoms with E-state index >= 15 is 0 Å². The number of rotatable bonds is 6. The quantitative estimate of drug-likeness (QED) is 0.355. The molecule has 0 bridgehead atoms. The molecule has 0 unspecified atom stereocenters. The molecule has 0 atom stereocenters. The van der Waals surface area contributed by atoms with Gasteiger partial charge in [0, 0.05) is 18.0 Å². The van der Waals surface area contributed by atoms with E-state index in [9.17, 15) is 4.79 Å². The molecule has 0 saturated carbocycles. The van der Waals surface area contributed by atoms with E-state index in [-0.39, 0.29) is 5.91 Å². The van der Waals surface area contributed by atoms with E-state index < -0.39 is 0 Å². The zero-order valence-corrected chi connectivity index (χ0v) is 20.0. The van der Waals surface area contributed by atoms with E-state index in [0.29, 0.717) is 15.8 Å². The van der Waals surface area contributed by atoms with Gasteiger partial charge in [-0.25, -0.2) is 0 Å². The fourth-order valence-corrected chi connectivity index (χ4v) is 6.13. The molecule has 3 nitrogen and oxygen atoms in total. The molecule has 0 radical (unpaired) electrons. The second kappa shape index (κ2) is 9.90. The number of amides is 1. The van der Waals surface area contributed by atoms with Crippen molar-refractivity contribution in [1.29, 1.82) is 0 Å². The van der Waals surface area contributed by atoms with Crippen molar-refractivity contribution in [3.8, 4) is 0 Å². The molecule has 1 saturated heterocycles. The first-order chi connectivity index (χ1) is 15.1. The van der Waals surface area contributed by atoms with Crippen LogP contribution in [0.1, 0.15) is 31.4 Å². The fourth-order valence-electron chi connectivity index (χ4n) is 3.62. The molecular formula is C25H24N2OS3. The van der Waals surface area contributed by atoms with Gasteiger partial charge in [-0.2, -0.15) is 0 Å². The molecule has 6 heteroatoms. The molecule has 0 N–H and O–H groups in total. The molecule has 1 fully saturated rings. The summed E-state index contributed by atoms with van der Waals surface area (Å²) in [5.41, 5.74) is 3.59. The molecule has 2 heterocycles. The topological polar surface area (TPSA) is 23.6 Å². The molecule has 1 amide bonds.